The third-order valence-corrected chi connectivity index (χ3v) is 10.8. The van der Waals surface area contributed by atoms with Crippen LogP contribution in [0.3, 0.4) is 0 Å². The number of benzene rings is 10. The van der Waals surface area contributed by atoms with Crippen molar-refractivity contribution in [2.45, 2.75) is 0 Å². The van der Waals surface area contributed by atoms with E-state index in [1.165, 1.54) is 76.1 Å². The summed E-state index contributed by atoms with van der Waals surface area (Å²) in [6.45, 7) is 0. The highest BCUT2D eigenvalue weighted by molar-refractivity contribution is 6.23. The van der Waals surface area contributed by atoms with Crippen LogP contribution in [0, 0.1) is 0 Å². The molecule has 0 saturated carbocycles. The molecule has 51 heavy (non-hydrogen) atoms. The predicted octanol–water partition coefficient (Wildman–Crippen LogP) is 14.4. The van der Waals surface area contributed by atoms with Gasteiger partial charge in [0.05, 0.1) is 0 Å². The van der Waals surface area contributed by atoms with Crippen LogP contribution in [-0.4, -0.2) is 0 Å². The minimum absolute atomic E-state index is 0.896. The average molecular weight is 647 g/mol. The van der Waals surface area contributed by atoms with Gasteiger partial charge in [-0.3, -0.25) is 0 Å². The Labute approximate surface area is 294 Å². The van der Waals surface area contributed by atoms with Crippen LogP contribution in [0.25, 0.3) is 109 Å². The van der Waals surface area contributed by atoms with E-state index in [0.717, 1.165) is 33.1 Å². The van der Waals surface area contributed by atoms with Crippen LogP contribution in [0.2, 0.25) is 0 Å². The molecule has 1 heteroatoms. The Hall–Kier alpha value is -6.70. The summed E-state index contributed by atoms with van der Waals surface area (Å²) in [5.74, 6) is 0. The molecule has 0 amide bonds. The first kappa shape index (κ1) is 28.2. The van der Waals surface area contributed by atoms with Gasteiger partial charge in [-0.15, -0.1) is 0 Å². The van der Waals surface area contributed by atoms with Crippen LogP contribution in [0.5, 0.6) is 0 Å². The summed E-state index contributed by atoms with van der Waals surface area (Å²) in [6.07, 6.45) is 0. The number of hydrogen-bond acceptors (Lipinski definition) is 1. The van der Waals surface area contributed by atoms with E-state index >= 15 is 0 Å². The maximum atomic E-state index is 6.84. The highest BCUT2D eigenvalue weighted by Crippen LogP contribution is 2.47. The molecule has 1 aromatic heterocycles. The lowest BCUT2D eigenvalue weighted by Crippen LogP contribution is -1.91. The molecule has 0 aliphatic rings. The molecule has 0 atom stereocenters. The van der Waals surface area contributed by atoms with Gasteiger partial charge in [0, 0.05) is 16.3 Å². The smallest absolute Gasteiger partial charge is 0.143 e. The molecule has 0 radical (unpaired) electrons. The van der Waals surface area contributed by atoms with E-state index in [4.69, 9.17) is 4.42 Å². The first-order valence-electron chi connectivity index (χ1n) is 17.6. The molecule has 11 aromatic rings. The molecule has 0 unspecified atom stereocenters. The van der Waals surface area contributed by atoms with Crippen LogP contribution in [-0.2, 0) is 0 Å². The van der Waals surface area contributed by atoms with Crippen molar-refractivity contribution < 1.29 is 4.42 Å². The summed E-state index contributed by atoms with van der Waals surface area (Å²) in [6, 6.07) is 66.3. The summed E-state index contributed by atoms with van der Waals surface area (Å²) in [5.41, 5.74) is 9.07. The molecule has 0 bridgehead atoms. The molecule has 0 saturated heterocycles. The van der Waals surface area contributed by atoms with Crippen molar-refractivity contribution >= 4 is 75.8 Å². The quantitative estimate of drug-likeness (QED) is 0.174. The zero-order chi connectivity index (χ0) is 33.5. The monoisotopic (exact) mass is 646 g/mol. The van der Waals surface area contributed by atoms with E-state index in [-0.39, 0.29) is 0 Å². The minimum atomic E-state index is 0.896. The summed E-state index contributed by atoms with van der Waals surface area (Å²) in [7, 11) is 0. The van der Waals surface area contributed by atoms with Crippen LogP contribution >= 0.6 is 0 Å². The van der Waals surface area contributed by atoms with E-state index in [0.29, 0.717) is 0 Å². The fourth-order valence-electron chi connectivity index (χ4n) is 8.46. The third-order valence-electron chi connectivity index (χ3n) is 10.8. The normalized spacial score (nSPS) is 11.9. The molecule has 0 N–H and O–H groups in total. The molecule has 0 fully saturated rings. The molecule has 0 spiro atoms. The molecule has 236 valence electrons. The van der Waals surface area contributed by atoms with E-state index < -0.39 is 0 Å². The van der Waals surface area contributed by atoms with E-state index in [1.807, 2.05) is 0 Å². The lowest BCUT2D eigenvalue weighted by molar-refractivity contribution is 0.670. The van der Waals surface area contributed by atoms with Crippen LogP contribution < -0.4 is 0 Å². The van der Waals surface area contributed by atoms with Gasteiger partial charge in [-0.2, -0.15) is 0 Å². The fraction of sp³-hybridized carbons (Fsp3) is 0. The van der Waals surface area contributed by atoms with Crippen molar-refractivity contribution in [3.8, 4) is 33.4 Å². The highest BCUT2D eigenvalue weighted by atomic mass is 16.3. The van der Waals surface area contributed by atoms with Gasteiger partial charge in [-0.1, -0.05) is 152 Å². The summed E-state index contributed by atoms with van der Waals surface area (Å²) < 4.78 is 6.84. The van der Waals surface area contributed by atoms with E-state index in [2.05, 4.69) is 182 Å². The van der Waals surface area contributed by atoms with Gasteiger partial charge < -0.3 is 4.42 Å². The van der Waals surface area contributed by atoms with E-state index in [9.17, 15) is 0 Å². The Kier molecular flexibility index (Phi) is 6.02. The second-order valence-corrected chi connectivity index (χ2v) is 13.6. The van der Waals surface area contributed by atoms with Gasteiger partial charge in [0.2, 0.25) is 0 Å². The maximum Gasteiger partial charge on any atom is 0.143 e. The zero-order valence-corrected chi connectivity index (χ0v) is 27.7. The Balaban J connectivity index is 1.19. The van der Waals surface area contributed by atoms with Crippen molar-refractivity contribution in [2.24, 2.45) is 0 Å². The lowest BCUT2D eigenvalue weighted by atomic mass is 9.85. The first-order chi connectivity index (χ1) is 25.3. The fourth-order valence-corrected chi connectivity index (χ4v) is 8.46. The zero-order valence-electron chi connectivity index (χ0n) is 27.7. The Morgan fingerprint density at radius 3 is 1.25 bits per heavy atom. The largest absolute Gasteiger partial charge is 0.455 e. The summed E-state index contributed by atoms with van der Waals surface area (Å²) in [5, 5.41) is 14.6. The van der Waals surface area contributed by atoms with Gasteiger partial charge in [-0.05, 0) is 112 Å². The van der Waals surface area contributed by atoms with Gasteiger partial charge in [-0.25, -0.2) is 0 Å². The van der Waals surface area contributed by atoms with Gasteiger partial charge in [0.25, 0.3) is 0 Å². The topological polar surface area (TPSA) is 13.1 Å². The summed E-state index contributed by atoms with van der Waals surface area (Å²) >= 11 is 0. The number of fused-ring (bicyclic) bond motifs is 8. The highest BCUT2D eigenvalue weighted by Gasteiger charge is 2.20. The molecule has 0 aliphatic carbocycles. The van der Waals surface area contributed by atoms with Crippen molar-refractivity contribution in [3.05, 3.63) is 182 Å². The van der Waals surface area contributed by atoms with Crippen LogP contribution in [0.15, 0.2) is 186 Å². The Morgan fingerprint density at radius 2 is 0.686 bits per heavy atom. The predicted molar refractivity (Wildman–Crippen MR) is 218 cm³/mol. The van der Waals surface area contributed by atoms with Crippen LogP contribution in [0.4, 0.5) is 0 Å². The second kappa shape index (κ2) is 10.9. The SMILES string of the molecule is c1ccc2cc(-c3c4ccccc4c(-c4ccc5oc6c(-c7ccc8ccccc8c7)c7ccccc7cc6c5c4)c4ccccc34)ccc2c1. The van der Waals surface area contributed by atoms with Crippen molar-refractivity contribution in [1.82, 2.24) is 0 Å². The Morgan fingerprint density at radius 1 is 0.255 bits per heavy atom. The molecule has 1 nitrogen and oxygen atoms in total. The first-order valence-corrected chi connectivity index (χ1v) is 17.6. The summed E-state index contributed by atoms with van der Waals surface area (Å²) in [4.78, 5) is 0. The lowest BCUT2D eigenvalue weighted by Gasteiger charge is -2.18. The number of rotatable bonds is 3. The van der Waals surface area contributed by atoms with Gasteiger partial charge in [0.1, 0.15) is 11.2 Å². The maximum absolute atomic E-state index is 6.84. The Bertz CT molecular complexity index is 3140. The van der Waals surface area contributed by atoms with Crippen molar-refractivity contribution in [2.75, 3.05) is 0 Å². The standard InChI is InChI=1S/C50H30O/c1-3-13-33-27-36(23-21-31(33)11-1)47-40-17-7-9-19-42(40)48(43-20-10-8-18-41(43)47)38-25-26-46-44(30-38)45-29-35-15-5-6-16-39(35)49(50(45)51-46)37-24-22-32-12-2-4-14-34(32)28-37/h1-30H. The molecule has 1 heterocycles. The van der Waals surface area contributed by atoms with E-state index in [1.54, 1.807) is 0 Å². The average Bonchev–Trinajstić information content (AvgIpc) is 3.55. The molecular weight excluding hydrogens is 617 g/mol. The molecule has 0 aliphatic heterocycles. The van der Waals surface area contributed by atoms with Crippen LogP contribution in [0.1, 0.15) is 0 Å². The second-order valence-electron chi connectivity index (χ2n) is 13.6. The third kappa shape index (κ3) is 4.28. The number of hydrogen-bond donors (Lipinski definition) is 0. The number of furan rings is 1. The van der Waals surface area contributed by atoms with Gasteiger partial charge in [0.15, 0.2) is 0 Å². The minimum Gasteiger partial charge on any atom is -0.455 e. The molecule has 11 rings (SSSR count). The molecular formula is C50H30O. The molecule has 10 aromatic carbocycles. The van der Waals surface area contributed by atoms with Crippen molar-refractivity contribution in [3.63, 3.8) is 0 Å². The van der Waals surface area contributed by atoms with Crippen molar-refractivity contribution in [1.29, 1.82) is 0 Å². The van der Waals surface area contributed by atoms with Gasteiger partial charge >= 0.3 is 0 Å².